The molecular weight excluding hydrogens is 98.1 g/mol. The second-order valence-corrected chi connectivity index (χ2v) is 2.88. The maximum absolute atomic E-state index is 3.39. The summed E-state index contributed by atoms with van der Waals surface area (Å²) in [4.78, 5) is 0. The molecule has 0 unspecified atom stereocenters. The Morgan fingerprint density at radius 1 is 1.50 bits per heavy atom. The van der Waals surface area contributed by atoms with Crippen molar-refractivity contribution in [2.45, 2.75) is 19.3 Å². The summed E-state index contributed by atoms with van der Waals surface area (Å²) in [5, 5.41) is 3.39. The van der Waals surface area contributed by atoms with Gasteiger partial charge in [0, 0.05) is 6.54 Å². The van der Waals surface area contributed by atoms with Crippen LogP contribution < -0.4 is 5.32 Å². The molecule has 45 valence electrons. The van der Waals surface area contributed by atoms with Crippen molar-refractivity contribution in [1.29, 1.82) is 0 Å². The van der Waals surface area contributed by atoms with Gasteiger partial charge in [-0.05, 0) is 31.2 Å². The zero-order chi connectivity index (χ0) is 5.40. The highest BCUT2D eigenvalue weighted by atomic mass is 14.9. The molecule has 1 aliphatic carbocycles. The van der Waals surface area contributed by atoms with E-state index in [0.29, 0.717) is 0 Å². The third kappa shape index (κ3) is 0.576. The first-order valence-electron chi connectivity index (χ1n) is 3.52. The Balaban J connectivity index is 2.04. The molecule has 1 atom stereocenters. The van der Waals surface area contributed by atoms with Gasteiger partial charge in [0.25, 0.3) is 0 Å². The summed E-state index contributed by atoms with van der Waals surface area (Å²) in [6.45, 7) is 2.50. The molecule has 1 nitrogen and oxygen atoms in total. The van der Waals surface area contributed by atoms with Crippen LogP contribution >= 0.6 is 0 Å². The normalized spacial score (nSPS) is 38.2. The van der Waals surface area contributed by atoms with Crippen LogP contribution in [0.1, 0.15) is 19.3 Å². The van der Waals surface area contributed by atoms with Crippen LogP contribution in [0.5, 0.6) is 0 Å². The lowest BCUT2D eigenvalue weighted by Gasteiger charge is -2.02. The van der Waals surface area contributed by atoms with E-state index in [0.717, 1.165) is 5.92 Å². The van der Waals surface area contributed by atoms with Gasteiger partial charge in [-0.1, -0.05) is 6.42 Å². The van der Waals surface area contributed by atoms with Gasteiger partial charge < -0.3 is 5.32 Å². The van der Waals surface area contributed by atoms with Crippen molar-refractivity contribution in [3.8, 4) is 0 Å². The zero-order valence-corrected chi connectivity index (χ0v) is 5.11. The summed E-state index contributed by atoms with van der Waals surface area (Å²) < 4.78 is 0. The van der Waals surface area contributed by atoms with Crippen molar-refractivity contribution in [3.63, 3.8) is 0 Å². The van der Waals surface area contributed by atoms with Crippen molar-refractivity contribution in [2.24, 2.45) is 5.92 Å². The van der Waals surface area contributed by atoms with Crippen molar-refractivity contribution in [2.75, 3.05) is 13.1 Å². The smallest absolute Gasteiger partial charge is 0.00170 e. The predicted octanol–water partition coefficient (Wildman–Crippen LogP) is 0.964. The van der Waals surface area contributed by atoms with Crippen LogP contribution in [0, 0.1) is 11.8 Å². The van der Waals surface area contributed by atoms with Crippen LogP contribution in [0.15, 0.2) is 0 Å². The lowest BCUT2D eigenvalue weighted by Crippen LogP contribution is -2.08. The van der Waals surface area contributed by atoms with Gasteiger partial charge in [0.15, 0.2) is 0 Å². The van der Waals surface area contributed by atoms with Gasteiger partial charge in [-0.3, -0.25) is 0 Å². The molecule has 0 aromatic carbocycles. The number of rotatable bonds is 0. The molecule has 2 rings (SSSR count). The maximum atomic E-state index is 3.39. The summed E-state index contributed by atoms with van der Waals surface area (Å²) in [5.74, 6) is 2.78. The molecule has 1 saturated heterocycles. The van der Waals surface area contributed by atoms with Gasteiger partial charge in [-0.25, -0.2) is 0 Å². The maximum Gasteiger partial charge on any atom is 0.00170 e. The molecule has 0 bridgehead atoms. The standard InChI is InChI=1S/C7H12N/c1-2-6-4-8-5-7(6)3-1/h6,8H,1-5H2/t6-/m0/s1. The fourth-order valence-electron chi connectivity index (χ4n) is 1.87. The highest BCUT2D eigenvalue weighted by Crippen LogP contribution is 2.35. The molecule has 8 heavy (non-hydrogen) atoms. The van der Waals surface area contributed by atoms with Crippen molar-refractivity contribution in [1.82, 2.24) is 5.32 Å². The molecule has 2 aliphatic rings. The second-order valence-electron chi connectivity index (χ2n) is 2.88. The topological polar surface area (TPSA) is 12.0 Å². The SMILES string of the molecule is C1C[C]2CNC[C@@H]2C1. The highest BCUT2D eigenvalue weighted by molar-refractivity contribution is 5.08. The van der Waals surface area contributed by atoms with Gasteiger partial charge >= 0.3 is 0 Å². The molecular formula is C7H12N. The van der Waals surface area contributed by atoms with E-state index in [4.69, 9.17) is 0 Å². The Labute approximate surface area is 50.5 Å². The van der Waals surface area contributed by atoms with Gasteiger partial charge in [0.05, 0.1) is 0 Å². The van der Waals surface area contributed by atoms with E-state index in [1.807, 2.05) is 0 Å². The Morgan fingerprint density at radius 3 is 3.38 bits per heavy atom. The average Bonchev–Trinajstić information content (AvgIpc) is 2.15. The molecule has 1 radical (unpaired) electrons. The summed E-state index contributed by atoms with van der Waals surface area (Å²) in [5.41, 5.74) is 0. The minimum absolute atomic E-state index is 0.981. The van der Waals surface area contributed by atoms with Crippen molar-refractivity contribution in [3.05, 3.63) is 5.92 Å². The van der Waals surface area contributed by atoms with E-state index in [-0.39, 0.29) is 0 Å². The van der Waals surface area contributed by atoms with Gasteiger partial charge in [-0.15, -0.1) is 0 Å². The number of hydrogen-bond donors (Lipinski definition) is 1. The van der Waals surface area contributed by atoms with Crippen LogP contribution in [-0.2, 0) is 0 Å². The largest absolute Gasteiger partial charge is 0.316 e. The van der Waals surface area contributed by atoms with Crippen LogP contribution in [0.4, 0.5) is 0 Å². The molecule has 0 spiro atoms. The molecule has 0 aromatic rings. The Kier molecular flexibility index (Phi) is 1.04. The number of nitrogens with one attached hydrogen (secondary N) is 1. The molecule has 1 saturated carbocycles. The molecule has 0 aromatic heterocycles. The van der Waals surface area contributed by atoms with Crippen molar-refractivity contribution < 1.29 is 0 Å². The van der Waals surface area contributed by atoms with Gasteiger partial charge in [0.2, 0.25) is 0 Å². The molecule has 1 heteroatoms. The second kappa shape index (κ2) is 1.73. The van der Waals surface area contributed by atoms with Crippen LogP contribution in [0.2, 0.25) is 0 Å². The fourth-order valence-corrected chi connectivity index (χ4v) is 1.87. The first kappa shape index (κ1) is 4.80. The summed E-state index contributed by atoms with van der Waals surface area (Å²) in [6.07, 6.45) is 4.34. The van der Waals surface area contributed by atoms with Crippen molar-refractivity contribution >= 4 is 0 Å². The van der Waals surface area contributed by atoms with E-state index < -0.39 is 0 Å². The average molecular weight is 110 g/mol. The number of fused-ring (bicyclic) bond motifs is 1. The lowest BCUT2D eigenvalue weighted by molar-refractivity contribution is 0.627. The molecule has 1 heterocycles. The minimum atomic E-state index is 0.981. The number of hydrogen-bond acceptors (Lipinski definition) is 1. The third-order valence-electron chi connectivity index (χ3n) is 2.37. The molecule has 2 fully saturated rings. The van der Waals surface area contributed by atoms with E-state index >= 15 is 0 Å². The quantitative estimate of drug-likeness (QED) is 0.490. The van der Waals surface area contributed by atoms with E-state index in [1.165, 1.54) is 32.4 Å². The monoisotopic (exact) mass is 110 g/mol. The Bertz CT molecular complexity index is 70.4. The summed E-state index contributed by atoms with van der Waals surface area (Å²) in [7, 11) is 0. The van der Waals surface area contributed by atoms with Gasteiger partial charge in [-0.2, -0.15) is 0 Å². The minimum Gasteiger partial charge on any atom is -0.316 e. The Morgan fingerprint density at radius 2 is 2.50 bits per heavy atom. The highest BCUT2D eigenvalue weighted by Gasteiger charge is 2.31. The van der Waals surface area contributed by atoms with E-state index in [9.17, 15) is 0 Å². The molecule has 1 aliphatic heterocycles. The first-order chi connectivity index (χ1) is 3.97. The summed E-state index contributed by atoms with van der Waals surface area (Å²) in [6, 6.07) is 0. The lowest BCUT2D eigenvalue weighted by atomic mass is 10.0. The summed E-state index contributed by atoms with van der Waals surface area (Å²) >= 11 is 0. The molecule has 0 amide bonds. The third-order valence-corrected chi connectivity index (χ3v) is 2.37. The fraction of sp³-hybridized carbons (Fsp3) is 0.857. The van der Waals surface area contributed by atoms with Crippen LogP contribution in [-0.4, -0.2) is 13.1 Å². The van der Waals surface area contributed by atoms with Crippen LogP contribution in [0.3, 0.4) is 0 Å². The van der Waals surface area contributed by atoms with Gasteiger partial charge in [0.1, 0.15) is 0 Å². The van der Waals surface area contributed by atoms with E-state index in [2.05, 4.69) is 5.32 Å². The first-order valence-corrected chi connectivity index (χ1v) is 3.52. The zero-order valence-electron chi connectivity index (χ0n) is 5.11. The Hall–Kier alpha value is -0.0400. The van der Waals surface area contributed by atoms with Crippen LogP contribution in [0.25, 0.3) is 0 Å². The molecule has 1 N–H and O–H groups in total. The predicted molar refractivity (Wildman–Crippen MR) is 33.5 cm³/mol. The van der Waals surface area contributed by atoms with E-state index in [1.54, 1.807) is 5.92 Å².